The number of nitrogens with zero attached hydrogens (tertiary/aromatic N) is 1. The highest BCUT2D eigenvalue weighted by molar-refractivity contribution is 7.96. The third-order valence-corrected chi connectivity index (χ3v) is 3.21. The molecule has 0 unspecified atom stereocenters. The molecule has 0 saturated heterocycles. The second kappa shape index (κ2) is 5.39. The summed E-state index contributed by atoms with van der Waals surface area (Å²) >= 11 is 3.79. The molecule has 1 aromatic carbocycles. The van der Waals surface area contributed by atoms with E-state index in [1.54, 1.807) is 11.9 Å². The SMILES string of the molecule is Cc1cc(C)c(CCN(C)C(=O)S)c(C)c1. The zero-order valence-electron chi connectivity index (χ0n) is 10.4. The number of carbonyl (C=O) groups is 1. The van der Waals surface area contributed by atoms with Crippen LogP contribution in [0.1, 0.15) is 22.3 Å². The number of likely N-dealkylation sites (N-methyl/N-ethyl adjacent to an activating group) is 1. The number of hydrogen-bond donors (Lipinski definition) is 1. The summed E-state index contributed by atoms with van der Waals surface area (Å²) in [6.45, 7) is 7.07. The molecule has 0 saturated carbocycles. The van der Waals surface area contributed by atoms with E-state index in [1.165, 1.54) is 22.3 Å². The lowest BCUT2D eigenvalue weighted by Gasteiger charge is -2.16. The van der Waals surface area contributed by atoms with Crippen LogP contribution in [-0.4, -0.2) is 23.7 Å². The number of amides is 1. The van der Waals surface area contributed by atoms with Gasteiger partial charge in [0, 0.05) is 13.6 Å². The topological polar surface area (TPSA) is 20.3 Å². The van der Waals surface area contributed by atoms with Gasteiger partial charge < -0.3 is 4.90 Å². The van der Waals surface area contributed by atoms with Crippen molar-refractivity contribution < 1.29 is 4.79 Å². The van der Waals surface area contributed by atoms with E-state index >= 15 is 0 Å². The van der Waals surface area contributed by atoms with Gasteiger partial charge in [0.15, 0.2) is 0 Å². The predicted octanol–water partition coefficient (Wildman–Crippen LogP) is 3.14. The molecule has 0 spiro atoms. The number of rotatable bonds is 3. The summed E-state index contributed by atoms with van der Waals surface area (Å²) in [4.78, 5) is 12.6. The molecule has 0 heterocycles. The Kier molecular flexibility index (Phi) is 4.42. The van der Waals surface area contributed by atoms with Gasteiger partial charge >= 0.3 is 0 Å². The van der Waals surface area contributed by atoms with Crippen molar-refractivity contribution in [2.75, 3.05) is 13.6 Å². The van der Waals surface area contributed by atoms with Crippen LogP contribution in [0.2, 0.25) is 0 Å². The Balaban J connectivity index is 2.78. The van der Waals surface area contributed by atoms with E-state index in [2.05, 4.69) is 45.5 Å². The second-order valence-electron chi connectivity index (χ2n) is 4.33. The normalized spacial score (nSPS) is 10.3. The summed E-state index contributed by atoms with van der Waals surface area (Å²) in [5.41, 5.74) is 5.24. The highest BCUT2D eigenvalue weighted by atomic mass is 32.1. The molecule has 0 N–H and O–H groups in total. The van der Waals surface area contributed by atoms with Gasteiger partial charge in [-0.25, -0.2) is 0 Å². The standard InChI is InChI=1S/C13H19NOS/c1-9-7-10(2)12(11(3)8-9)5-6-14(4)13(15)16/h7-8H,5-6H2,1-4H3,(H,15,16). The van der Waals surface area contributed by atoms with Gasteiger partial charge in [0.25, 0.3) is 5.24 Å². The molecule has 3 heteroatoms. The first-order valence-corrected chi connectivity index (χ1v) is 5.87. The first kappa shape index (κ1) is 13.1. The summed E-state index contributed by atoms with van der Waals surface area (Å²) < 4.78 is 0. The van der Waals surface area contributed by atoms with Gasteiger partial charge in [-0.2, -0.15) is 0 Å². The molecule has 0 aromatic heterocycles. The molecule has 16 heavy (non-hydrogen) atoms. The molecule has 0 bridgehead atoms. The van der Waals surface area contributed by atoms with E-state index in [9.17, 15) is 4.79 Å². The fourth-order valence-corrected chi connectivity index (χ4v) is 2.08. The monoisotopic (exact) mass is 237 g/mol. The quantitative estimate of drug-likeness (QED) is 0.801. The van der Waals surface area contributed by atoms with Gasteiger partial charge in [-0.1, -0.05) is 30.3 Å². The predicted molar refractivity (Wildman–Crippen MR) is 71.4 cm³/mol. The molecule has 1 aromatic rings. The summed E-state index contributed by atoms with van der Waals surface area (Å²) in [6, 6.07) is 4.37. The molecule has 0 radical (unpaired) electrons. The maximum atomic E-state index is 11.0. The van der Waals surface area contributed by atoms with Crippen LogP contribution in [0, 0.1) is 20.8 Å². The fraction of sp³-hybridized carbons (Fsp3) is 0.462. The zero-order chi connectivity index (χ0) is 12.3. The zero-order valence-corrected chi connectivity index (χ0v) is 11.3. The smallest absolute Gasteiger partial charge is 0.278 e. The molecule has 0 aliphatic rings. The van der Waals surface area contributed by atoms with Gasteiger partial charge in [0.2, 0.25) is 0 Å². The van der Waals surface area contributed by atoms with Crippen molar-refractivity contribution in [2.45, 2.75) is 27.2 Å². The van der Waals surface area contributed by atoms with E-state index in [1.807, 2.05) is 0 Å². The molecular formula is C13H19NOS. The Labute approximate surface area is 103 Å². The Bertz CT molecular complexity index is 378. The first-order valence-electron chi connectivity index (χ1n) is 5.42. The van der Waals surface area contributed by atoms with Crippen molar-refractivity contribution in [3.63, 3.8) is 0 Å². The molecule has 0 aliphatic carbocycles. The Hall–Kier alpha value is -0.960. The van der Waals surface area contributed by atoms with Gasteiger partial charge in [0.1, 0.15) is 0 Å². The van der Waals surface area contributed by atoms with Crippen molar-refractivity contribution in [1.29, 1.82) is 0 Å². The molecule has 0 aliphatic heterocycles. The lowest BCUT2D eigenvalue weighted by molar-refractivity contribution is 0.234. The van der Waals surface area contributed by atoms with Crippen LogP contribution in [-0.2, 0) is 6.42 Å². The number of aryl methyl sites for hydroxylation is 3. The average Bonchev–Trinajstić information content (AvgIpc) is 2.15. The van der Waals surface area contributed by atoms with Gasteiger partial charge in [-0.15, -0.1) is 0 Å². The van der Waals surface area contributed by atoms with Crippen LogP contribution in [0.15, 0.2) is 12.1 Å². The van der Waals surface area contributed by atoms with Crippen molar-refractivity contribution in [3.05, 3.63) is 34.4 Å². The van der Waals surface area contributed by atoms with Crippen LogP contribution in [0.3, 0.4) is 0 Å². The lowest BCUT2D eigenvalue weighted by Crippen LogP contribution is -2.24. The second-order valence-corrected chi connectivity index (χ2v) is 4.71. The third kappa shape index (κ3) is 3.27. The Morgan fingerprint density at radius 2 is 1.75 bits per heavy atom. The van der Waals surface area contributed by atoms with E-state index < -0.39 is 0 Å². The van der Waals surface area contributed by atoms with E-state index in [-0.39, 0.29) is 5.24 Å². The lowest BCUT2D eigenvalue weighted by atomic mass is 9.97. The van der Waals surface area contributed by atoms with Crippen molar-refractivity contribution in [2.24, 2.45) is 0 Å². The number of hydrogen-bond acceptors (Lipinski definition) is 1. The van der Waals surface area contributed by atoms with Crippen LogP contribution in [0.4, 0.5) is 4.79 Å². The van der Waals surface area contributed by atoms with Gasteiger partial charge in [-0.05, 0) is 43.9 Å². The summed E-state index contributed by atoms with van der Waals surface area (Å²) in [7, 11) is 1.77. The van der Waals surface area contributed by atoms with Gasteiger partial charge in [0.05, 0.1) is 0 Å². The van der Waals surface area contributed by atoms with E-state index in [0.29, 0.717) is 6.54 Å². The van der Waals surface area contributed by atoms with E-state index in [0.717, 1.165) is 6.42 Å². The average molecular weight is 237 g/mol. The van der Waals surface area contributed by atoms with Crippen molar-refractivity contribution in [1.82, 2.24) is 4.90 Å². The Morgan fingerprint density at radius 1 is 1.25 bits per heavy atom. The van der Waals surface area contributed by atoms with Gasteiger partial charge in [-0.3, -0.25) is 4.79 Å². The molecule has 0 atom stereocenters. The molecule has 1 rings (SSSR count). The molecular weight excluding hydrogens is 218 g/mol. The molecule has 1 amide bonds. The van der Waals surface area contributed by atoms with Crippen LogP contribution < -0.4 is 0 Å². The number of carbonyl (C=O) groups excluding carboxylic acids is 1. The summed E-state index contributed by atoms with van der Waals surface area (Å²) in [5, 5.41) is -0.178. The Morgan fingerprint density at radius 3 is 2.19 bits per heavy atom. The molecule has 2 nitrogen and oxygen atoms in total. The first-order chi connectivity index (χ1) is 7.41. The maximum Gasteiger partial charge on any atom is 0.278 e. The van der Waals surface area contributed by atoms with E-state index in [4.69, 9.17) is 0 Å². The fourth-order valence-electron chi connectivity index (χ4n) is 1.98. The highest BCUT2D eigenvalue weighted by Gasteiger charge is 2.07. The minimum absolute atomic E-state index is 0.178. The highest BCUT2D eigenvalue weighted by Crippen LogP contribution is 2.17. The minimum atomic E-state index is -0.178. The summed E-state index contributed by atoms with van der Waals surface area (Å²) in [6.07, 6.45) is 0.890. The van der Waals surface area contributed by atoms with Crippen LogP contribution in [0.25, 0.3) is 0 Å². The summed E-state index contributed by atoms with van der Waals surface area (Å²) in [5.74, 6) is 0. The van der Waals surface area contributed by atoms with Crippen LogP contribution >= 0.6 is 12.6 Å². The van der Waals surface area contributed by atoms with Crippen LogP contribution in [0.5, 0.6) is 0 Å². The minimum Gasteiger partial charge on any atom is -0.337 e. The molecule has 0 fully saturated rings. The maximum absolute atomic E-state index is 11.0. The molecule has 88 valence electrons. The largest absolute Gasteiger partial charge is 0.337 e. The third-order valence-electron chi connectivity index (χ3n) is 2.86. The van der Waals surface area contributed by atoms with Crippen molar-refractivity contribution >= 4 is 17.9 Å². The van der Waals surface area contributed by atoms with Crippen molar-refractivity contribution in [3.8, 4) is 0 Å². The number of benzene rings is 1. The number of thiol groups is 1.